The van der Waals surface area contributed by atoms with Crippen molar-refractivity contribution in [1.29, 1.82) is 0 Å². The molecule has 1 aromatic heterocycles. The summed E-state index contributed by atoms with van der Waals surface area (Å²) in [5.41, 5.74) is 1.29. The second-order valence-electron chi connectivity index (χ2n) is 5.26. The highest BCUT2D eigenvalue weighted by atomic mass is 16.5. The van der Waals surface area contributed by atoms with Crippen molar-refractivity contribution in [3.8, 4) is 0 Å². The maximum atomic E-state index is 10.9. The van der Waals surface area contributed by atoms with Gasteiger partial charge in [-0.25, -0.2) is 4.79 Å². The Morgan fingerprint density at radius 1 is 1.48 bits per heavy atom. The highest BCUT2D eigenvalue weighted by Crippen LogP contribution is 2.20. The molecule has 2 aromatic rings. The van der Waals surface area contributed by atoms with Gasteiger partial charge in [-0.1, -0.05) is 13.8 Å². The molecule has 114 valence electrons. The minimum atomic E-state index is -0.981. The van der Waals surface area contributed by atoms with Crippen molar-refractivity contribution >= 4 is 23.1 Å². The van der Waals surface area contributed by atoms with Crippen LogP contribution in [0.1, 0.15) is 30.6 Å². The van der Waals surface area contributed by atoms with Crippen molar-refractivity contribution in [2.75, 3.05) is 25.1 Å². The number of rotatable bonds is 8. The number of benzene rings is 1. The zero-order valence-corrected chi connectivity index (χ0v) is 12.3. The molecule has 0 saturated carbocycles. The van der Waals surface area contributed by atoms with Gasteiger partial charge < -0.3 is 19.6 Å². The van der Waals surface area contributed by atoms with Crippen LogP contribution in [0, 0.1) is 5.92 Å². The van der Waals surface area contributed by atoms with Crippen LogP contribution >= 0.6 is 0 Å². The second kappa shape index (κ2) is 7.08. The Labute approximate surface area is 123 Å². The van der Waals surface area contributed by atoms with Gasteiger partial charge in [-0.15, -0.1) is 0 Å². The largest absolute Gasteiger partial charge is 0.478 e. The highest BCUT2D eigenvalue weighted by Gasteiger charge is 2.09. The fourth-order valence-corrected chi connectivity index (χ4v) is 1.82. The minimum Gasteiger partial charge on any atom is -0.478 e. The van der Waals surface area contributed by atoms with E-state index in [0.29, 0.717) is 36.2 Å². The Balaban J connectivity index is 1.84. The molecule has 0 aliphatic carbocycles. The van der Waals surface area contributed by atoms with E-state index in [2.05, 4.69) is 24.1 Å². The second-order valence-corrected chi connectivity index (χ2v) is 5.26. The predicted octanol–water partition coefficient (Wildman–Crippen LogP) is 3.00. The SMILES string of the molecule is CC(C)COCCCNc1nc2ccc(C(=O)O)cc2o1. The molecule has 0 atom stereocenters. The van der Waals surface area contributed by atoms with Gasteiger partial charge in [-0.2, -0.15) is 4.98 Å². The van der Waals surface area contributed by atoms with Gasteiger partial charge in [0.1, 0.15) is 5.52 Å². The number of nitrogens with zero attached hydrogens (tertiary/aromatic N) is 1. The Bertz CT molecular complexity index is 607. The maximum Gasteiger partial charge on any atom is 0.335 e. The number of anilines is 1. The van der Waals surface area contributed by atoms with E-state index >= 15 is 0 Å². The summed E-state index contributed by atoms with van der Waals surface area (Å²) in [4.78, 5) is 15.1. The number of hydrogen-bond acceptors (Lipinski definition) is 5. The molecule has 0 aliphatic heterocycles. The number of carboxylic acids is 1. The summed E-state index contributed by atoms with van der Waals surface area (Å²) in [7, 11) is 0. The van der Waals surface area contributed by atoms with Crippen LogP contribution in [-0.4, -0.2) is 35.8 Å². The Hall–Kier alpha value is -2.08. The number of oxazole rings is 1. The summed E-state index contributed by atoms with van der Waals surface area (Å²) in [6.07, 6.45) is 0.853. The fourth-order valence-electron chi connectivity index (χ4n) is 1.82. The third kappa shape index (κ3) is 4.46. The number of nitrogens with one attached hydrogen (secondary N) is 1. The quantitative estimate of drug-likeness (QED) is 0.728. The lowest BCUT2D eigenvalue weighted by Crippen LogP contribution is -2.08. The topological polar surface area (TPSA) is 84.6 Å². The molecule has 6 nitrogen and oxygen atoms in total. The minimum absolute atomic E-state index is 0.187. The molecule has 1 aromatic carbocycles. The van der Waals surface area contributed by atoms with Crippen molar-refractivity contribution in [2.45, 2.75) is 20.3 Å². The first-order valence-electron chi connectivity index (χ1n) is 7.02. The maximum absolute atomic E-state index is 10.9. The van der Waals surface area contributed by atoms with Gasteiger partial charge in [0.15, 0.2) is 5.58 Å². The van der Waals surface area contributed by atoms with Crippen LogP contribution in [0.25, 0.3) is 11.1 Å². The molecule has 0 spiro atoms. The Morgan fingerprint density at radius 3 is 3.00 bits per heavy atom. The zero-order valence-electron chi connectivity index (χ0n) is 12.3. The van der Waals surface area contributed by atoms with E-state index in [1.54, 1.807) is 6.07 Å². The highest BCUT2D eigenvalue weighted by molar-refractivity contribution is 5.92. The van der Waals surface area contributed by atoms with E-state index in [-0.39, 0.29) is 5.56 Å². The molecule has 0 aliphatic rings. The van der Waals surface area contributed by atoms with E-state index in [9.17, 15) is 4.79 Å². The van der Waals surface area contributed by atoms with Gasteiger partial charge in [0.2, 0.25) is 0 Å². The monoisotopic (exact) mass is 292 g/mol. The fraction of sp³-hybridized carbons (Fsp3) is 0.467. The van der Waals surface area contributed by atoms with Crippen LogP contribution in [0.3, 0.4) is 0 Å². The summed E-state index contributed by atoms with van der Waals surface area (Å²) in [6.45, 7) is 6.37. The average Bonchev–Trinajstić information content (AvgIpc) is 2.83. The molecule has 2 N–H and O–H groups in total. The molecule has 0 bridgehead atoms. The summed E-state index contributed by atoms with van der Waals surface area (Å²) in [6, 6.07) is 5.02. The molecule has 21 heavy (non-hydrogen) atoms. The van der Waals surface area contributed by atoms with Crippen molar-refractivity contribution in [1.82, 2.24) is 4.98 Å². The van der Waals surface area contributed by atoms with Crippen molar-refractivity contribution in [3.05, 3.63) is 23.8 Å². The van der Waals surface area contributed by atoms with Crippen LogP contribution < -0.4 is 5.32 Å². The first-order chi connectivity index (χ1) is 10.1. The van der Waals surface area contributed by atoms with Gasteiger partial charge in [-0.05, 0) is 30.5 Å². The molecule has 0 saturated heterocycles. The first-order valence-corrected chi connectivity index (χ1v) is 7.02. The van der Waals surface area contributed by atoms with E-state index in [4.69, 9.17) is 14.3 Å². The van der Waals surface area contributed by atoms with Gasteiger partial charge in [0, 0.05) is 19.8 Å². The number of ether oxygens (including phenoxy) is 1. The van der Waals surface area contributed by atoms with Crippen LogP contribution in [0.5, 0.6) is 0 Å². The Morgan fingerprint density at radius 2 is 2.29 bits per heavy atom. The van der Waals surface area contributed by atoms with E-state index in [1.165, 1.54) is 12.1 Å². The van der Waals surface area contributed by atoms with Crippen LogP contribution in [0.15, 0.2) is 22.6 Å². The predicted molar refractivity (Wildman–Crippen MR) is 79.7 cm³/mol. The number of aromatic carboxylic acids is 1. The molecule has 0 radical (unpaired) electrons. The van der Waals surface area contributed by atoms with Crippen molar-refractivity contribution in [3.63, 3.8) is 0 Å². The van der Waals surface area contributed by atoms with E-state index in [0.717, 1.165) is 13.0 Å². The number of aromatic nitrogens is 1. The third-order valence-electron chi connectivity index (χ3n) is 2.83. The summed E-state index contributed by atoms with van der Waals surface area (Å²) >= 11 is 0. The van der Waals surface area contributed by atoms with Crippen molar-refractivity contribution in [2.24, 2.45) is 5.92 Å². The van der Waals surface area contributed by atoms with Crippen LogP contribution in [-0.2, 0) is 4.74 Å². The average molecular weight is 292 g/mol. The molecule has 2 rings (SSSR count). The van der Waals surface area contributed by atoms with Gasteiger partial charge >= 0.3 is 5.97 Å². The first kappa shape index (κ1) is 15.3. The molecule has 6 heteroatoms. The normalized spacial score (nSPS) is 11.2. The van der Waals surface area contributed by atoms with E-state index < -0.39 is 5.97 Å². The van der Waals surface area contributed by atoms with E-state index in [1.807, 2.05) is 0 Å². The summed E-state index contributed by atoms with van der Waals surface area (Å²) < 4.78 is 11.0. The van der Waals surface area contributed by atoms with Gasteiger partial charge in [0.05, 0.1) is 5.56 Å². The van der Waals surface area contributed by atoms with Gasteiger partial charge in [0.25, 0.3) is 6.01 Å². The number of fused-ring (bicyclic) bond motifs is 1. The number of hydrogen-bond donors (Lipinski definition) is 2. The lowest BCUT2D eigenvalue weighted by Gasteiger charge is -2.06. The number of carboxylic acid groups (broad SMARTS) is 1. The van der Waals surface area contributed by atoms with Crippen LogP contribution in [0.4, 0.5) is 6.01 Å². The van der Waals surface area contributed by atoms with Gasteiger partial charge in [-0.3, -0.25) is 0 Å². The smallest absolute Gasteiger partial charge is 0.335 e. The summed E-state index contributed by atoms with van der Waals surface area (Å²) in [5.74, 6) is -0.441. The molecular weight excluding hydrogens is 272 g/mol. The molecule has 0 fully saturated rings. The molecular formula is C15H20N2O4. The van der Waals surface area contributed by atoms with Crippen molar-refractivity contribution < 1.29 is 19.1 Å². The molecule has 0 unspecified atom stereocenters. The molecule has 1 heterocycles. The third-order valence-corrected chi connectivity index (χ3v) is 2.83. The Kier molecular flexibility index (Phi) is 5.16. The number of carbonyl (C=O) groups is 1. The van der Waals surface area contributed by atoms with Crippen LogP contribution in [0.2, 0.25) is 0 Å². The zero-order chi connectivity index (χ0) is 15.2. The molecule has 0 amide bonds. The lowest BCUT2D eigenvalue weighted by molar-refractivity contribution is 0.0697. The summed E-state index contributed by atoms with van der Waals surface area (Å²) in [5, 5.41) is 12.0. The standard InChI is InChI=1S/C15H20N2O4/c1-10(2)9-20-7-3-6-16-15-17-12-5-4-11(14(18)19)8-13(12)21-15/h4-5,8,10H,3,6-7,9H2,1-2H3,(H,16,17)(H,18,19). The lowest BCUT2D eigenvalue weighted by atomic mass is 10.2.